The van der Waals surface area contributed by atoms with Crippen molar-refractivity contribution < 1.29 is 32.3 Å². The maximum absolute atomic E-state index is 13.8. The molecule has 0 aromatic heterocycles. The molecule has 248 valence electrons. The largest absolute Gasteiger partial charge is 0.444 e. The van der Waals surface area contributed by atoms with Crippen LogP contribution in [0.5, 0.6) is 0 Å². The number of sulfonamides is 1. The maximum Gasteiger partial charge on any atom is 0.408 e. The Morgan fingerprint density at radius 1 is 1.00 bits per heavy atom. The second-order valence-corrected chi connectivity index (χ2v) is 15.5. The summed E-state index contributed by atoms with van der Waals surface area (Å²) in [5.41, 5.74) is -2.28. The lowest BCUT2D eigenvalue weighted by molar-refractivity contribution is -0.141. The summed E-state index contributed by atoms with van der Waals surface area (Å²) in [4.78, 5) is 55.0. The van der Waals surface area contributed by atoms with E-state index in [1.807, 2.05) is 12.2 Å². The van der Waals surface area contributed by atoms with Gasteiger partial charge in [0.2, 0.25) is 11.8 Å². The first-order valence-electron chi connectivity index (χ1n) is 15.4. The summed E-state index contributed by atoms with van der Waals surface area (Å²) < 4.78 is 33.8. The molecule has 2 aliphatic heterocycles. The Bertz CT molecular complexity index is 1430. The van der Waals surface area contributed by atoms with Gasteiger partial charge in [0.15, 0.2) is 0 Å². The summed E-state index contributed by atoms with van der Waals surface area (Å²) in [6, 6.07) is 1.95. The number of fused-ring (bicyclic) bond motifs is 2. The molecule has 1 saturated carbocycles. The van der Waals surface area contributed by atoms with Gasteiger partial charge in [0, 0.05) is 22.5 Å². The smallest absolute Gasteiger partial charge is 0.408 e. The third-order valence-electron chi connectivity index (χ3n) is 8.20. The lowest BCUT2D eigenvalue weighted by Gasteiger charge is -2.30. The number of nitrogens with zero attached hydrogens (tertiary/aromatic N) is 1. The van der Waals surface area contributed by atoms with Gasteiger partial charge in [-0.15, -0.1) is 0 Å². The molecule has 4 amide bonds. The zero-order chi connectivity index (χ0) is 33.0. The Labute approximate surface area is 274 Å². The molecule has 0 spiro atoms. The highest BCUT2D eigenvalue weighted by molar-refractivity contribution is 7.90. The molecule has 1 saturated heterocycles. The van der Waals surface area contributed by atoms with Gasteiger partial charge < -0.3 is 20.3 Å². The Hall–Kier alpha value is -2.83. The average Bonchev–Trinajstić information content (AvgIpc) is 3.39. The molecule has 11 nitrogen and oxygen atoms in total. The number of hydrogen-bond donors (Lipinski definition) is 3. The minimum Gasteiger partial charge on any atom is -0.444 e. The Morgan fingerprint density at radius 2 is 1.67 bits per heavy atom. The van der Waals surface area contributed by atoms with Crippen LogP contribution in [0.15, 0.2) is 35.2 Å². The highest BCUT2D eigenvalue weighted by atomic mass is 35.5. The SMILES string of the molecule is CC(C)(C)OC(=O)NC1CCCCCCCC=C[C@@H]2C[C@@]2(C(=O)NS(=O)(=O)c2cc(Cl)cc(Cl)c2)NC(=O)[C@@H]2CCCN2C1=O. The first-order valence-corrected chi connectivity index (χ1v) is 17.7. The lowest BCUT2D eigenvalue weighted by Crippen LogP contribution is -2.58. The van der Waals surface area contributed by atoms with E-state index >= 15 is 0 Å². The van der Waals surface area contributed by atoms with Crippen molar-refractivity contribution in [2.24, 2.45) is 5.92 Å². The van der Waals surface area contributed by atoms with E-state index in [4.69, 9.17) is 27.9 Å². The van der Waals surface area contributed by atoms with Crippen LogP contribution in [0.25, 0.3) is 0 Å². The first kappa shape index (κ1) is 35.0. The fourth-order valence-corrected chi connectivity index (χ4v) is 7.62. The van der Waals surface area contributed by atoms with Crippen LogP contribution in [0.2, 0.25) is 10.0 Å². The fourth-order valence-electron chi connectivity index (χ4n) is 5.85. The third kappa shape index (κ3) is 9.13. The normalized spacial score (nSPS) is 26.6. The maximum atomic E-state index is 13.8. The molecular weight excluding hydrogens is 643 g/mol. The van der Waals surface area contributed by atoms with Crippen molar-refractivity contribution in [3.8, 4) is 0 Å². The Balaban J connectivity index is 1.58. The van der Waals surface area contributed by atoms with Gasteiger partial charge in [-0.25, -0.2) is 17.9 Å². The predicted molar refractivity (Wildman–Crippen MR) is 170 cm³/mol. The highest BCUT2D eigenvalue weighted by Crippen LogP contribution is 2.46. The number of carbonyl (C=O) groups excluding carboxylic acids is 4. The predicted octanol–water partition coefficient (Wildman–Crippen LogP) is 4.86. The van der Waals surface area contributed by atoms with E-state index < -0.39 is 63.0 Å². The van der Waals surface area contributed by atoms with E-state index in [2.05, 4.69) is 15.4 Å². The molecule has 1 aromatic carbocycles. The van der Waals surface area contributed by atoms with Crippen LogP contribution in [0.3, 0.4) is 0 Å². The number of amides is 4. The number of allylic oxidation sites excluding steroid dienone is 1. The Morgan fingerprint density at radius 3 is 2.36 bits per heavy atom. The number of alkyl carbamates (subject to hydrolysis) is 1. The van der Waals surface area contributed by atoms with Crippen LogP contribution < -0.4 is 15.4 Å². The number of nitrogens with one attached hydrogen (secondary N) is 3. The Kier molecular flexibility index (Phi) is 11.1. The molecule has 0 radical (unpaired) electrons. The van der Waals surface area contributed by atoms with Gasteiger partial charge in [-0.3, -0.25) is 14.4 Å². The number of ether oxygens (including phenoxy) is 1. The standard InChI is InChI=1S/C31H42Cl2N4O7S/c1-30(2,3)44-29(41)34-24-13-10-8-6-4-5-7-9-12-20-19-31(20,35-26(38)25-14-11-15-37(25)27(24)39)28(40)36-45(42,43)23-17-21(32)16-22(33)18-23/h9,12,16-18,20,24-25H,4-8,10-11,13-15,19H2,1-3H3,(H,34,41)(H,35,38)(H,36,40)/t20-,24?,25+,31-/m1/s1. The zero-order valence-electron chi connectivity index (χ0n) is 25.9. The summed E-state index contributed by atoms with van der Waals surface area (Å²) in [7, 11) is -4.38. The molecular formula is C31H42Cl2N4O7S. The quantitative estimate of drug-likeness (QED) is 0.383. The molecule has 1 unspecified atom stereocenters. The van der Waals surface area contributed by atoms with Crippen LogP contribution in [0.1, 0.15) is 85.0 Å². The van der Waals surface area contributed by atoms with Gasteiger partial charge >= 0.3 is 6.09 Å². The van der Waals surface area contributed by atoms with Crippen molar-refractivity contribution in [3.05, 3.63) is 40.4 Å². The summed E-state index contributed by atoms with van der Waals surface area (Å²) in [5.74, 6) is -2.29. The second kappa shape index (κ2) is 14.3. The second-order valence-electron chi connectivity index (χ2n) is 13.0. The van der Waals surface area contributed by atoms with Crippen LogP contribution in [0.4, 0.5) is 4.79 Å². The summed E-state index contributed by atoms with van der Waals surface area (Å²) in [6.45, 7) is 5.50. The van der Waals surface area contributed by atoms with Crippen molar-refractivity contribution in [3.63, 3.8) is 0 Å². The number of rotatable bonds is 4. The number of halogens is 2. The summed E-state index contributed by atoms with van der Waals surface area (Å²) in [5, 5.41) is 5.69. The van der Waals surface area contributed by atoms with Crippen molar-refractivity contribution >= 4 is 57.0 Å². The molecule has 14 heteroatoms. The topological polar surface area (TPSA) is 151 Å². The average molecular weight is 686 g/mol. The fraction of sp³-hybridized carbons (Fsp3) is 0.613. The minimum absolute atomic E-state index is 0.0833. The number of carbonyl (C=O) groups is 4. The number of benzene rings is 1. The molecule has 4 atom stereocenters. The summed E-state index contributed by atoms with van der Waals surface area (Å²) in [6.07, 6.45) is 9.77. The van der Waals surface area contributed by atoms with Crippen molar-refractivity contribution in [2.75, 3.05) is 6.54 Å². The summed E-state index contributed by atoms with van der Waals surface area (Å²) >= 11 is 12.0. The van der Waals surface area contributed by atoms with Gasteiger partial charge in [0.1, 0.15) is 23.2 Å². The van der Waals surface area contributed by atoms with Gasteiger partial charge in [0.25, 0.3) is 15.9 Å². The number of hydrogen-bond acceptors (Lipinski definition) is 7. The van der Waals surface area contributed by atoms with E-state index in [0.717, 1.165) is 32.1 Å². The molecule has 2 fully saturated rings. The third-order valence-corrected chi connectivity index (χ3v) is 9.95. The van der Waals surface area contributed by atoms with E-state index in [9.17, 15) is 27.6 Å². The van der Waals surface area contributed by atoms with Crippen molar-refractivity contribution in [1.82, 2.24) is 20.3 Å². The van der Waals surface area contributed by atoms with Crippen LogP contribution in [0, 0.1) is 5.92 Å². The van der Waals surface area contributed by atoms with Crippen molar-refractivity contribution in [1.29, 1.82) is 0 Å². The van der Waals surface area contributed by atoms with E-state index in [-0.39, 0.29) is 21.4 Å². The molecule has 45 heavy (non-hydrogen) atoms. The molecule has 2 heterocycles. The van der Waals surface area contributed by atoms with E-state index in [1.54, 1.807) is 20.8 Å². The monoisotopic (exact) mass is 684 g/mol. The lowest BCUT2D eigenvalue weighted by atomic mass is 10.0. The van der Waals surface area contributed by atoms with Crippen molar-refractivity contribution in [2.45, 2.75) is 113 Å². The van der Waals surface area contributed by atoms with Gasteiger partial charge in [0.05, 0.1) is 4.90 Å². The molecule has 4 rings (SSSR count). The van der Waals surface area contributed by atoms with E-state index in [0.29, 0.717) is 32.2 Å². The van der Waals surface area contributed by atoms with Crippen LogP contribution in [-0.4, -0.2) is 66.9 Å². The van der Waals surface area contributed by atoms with E-state index in [1.165, 1.54) is 23.1 Å². The molecule has 0 bridgehead atoms. The molecule has 3 aliphatic rings. The molecule has 3 N–H and O–H groups in total. The zero-order valence-corrected chi connectivity index (χ0v) is 28.2. The molecule has 1 aromatic rings. The molecule has 1 aliphatic carbocycles. The van der Waals surface area contributed by atoms with Gasteiger partial charge in [-0.1, -0.05) is 61.0 Å². The highest BCUT2D eigenvalue weighted by Gasteiger charge is 2.61. The minimum atomic E-state index is -4.38. The first-order chi connectivity index (χ1) is 21.1. The van der Waals surface area contributed by atoms with Crippen LogP contribution in [-0.2, 0) is 29.1 Å². The van der Waals surface area contributed by atoms with Gasteiger partial charge in [-0.2, -0.15) is 0 Å². The van der Waals surface area contributed by atoms with Crippen LogP contribution >= 0.6 is 23.2 Å². The van der Waals surface area contributed by atoms with Gasteiger partial charge in [-0.05, 0) is 77.5 Å².